The first kappa shape index (κ1) is 12.7. The maximum Gasteiger partial charge on any atom is 0.268 e. The molecule has 5 nitrogen and oxygen atoms in total. The summed E-state index contributed by atoms with van der Waals surface area (Å²) in [5.41, 5.74) is 0.997. The molecule has 1 aliphatic heterocycles. The number of nitrogens with zero attached hydrogens (tertiary/aromatic N) is 3. The lowest BCUT2D eigenvalue weighted by Gasteiger charge is -2.19. The number of aromatic nitrogens is 2. The minimum Gasteiger partial charge on any atom is -0.370 e. The van der Waals surface area contributed by atoms with E-state index in [1.807, 2.05) is 13.2 Å². The Labute approximate surface area is 113 Å². The smallest absolute Gasteiger partial charge is 0.268 e. The van der Waals surface area contributed by atoms with E-state index in [-0.39, 0.29) is 5.56 Å². The summed E-state index contributed by atoms with van der Waals surface area (Å²) in [6.45, 7) is 2.78. The molecule has 3 rings (SSSR count). The Morgan fingerprint density at radius 3 is 2.74 bits per heavy atom. The molecule has 0 bridgehead atoms. The van der Waals surface area contributed by atoms with Gasteiger partial charge in [-0.1, -0.05) is 0 Å². The Hall–Kier alpha value is -1.36. The van der Waals surface area contributed by atoms with Crippen LogP contribution in [0.1, 0.15) is 25.7 Å². The van der Waals surface area contributed by atoms with Crippen molar-refractivity contribution >= 4 is 5.69 Å². The molecule has 1 aromatic rings. The predicted octanol–water partition coefficient (Wildman–Crippen LogP) is 0.841. The molecule has 0 radical (unpaired) electrons. The molecule has 2 aliphatic rings. The normalized spacial score (nSPS) is 20.8. The standard InChI is InChI=1S/C14H22N4O/c1-15-13(11-4-5-11)10-18-14(19)8-12(9-16-18)17-6-2-3-7-17/h8-9,11,13,15H,2-7,10H2,1H3. The summed E-state index contributed by atoms with van der Waals surface area (Å²) in [4.78, 5) is 14.4. The van der Waals surface area contributed by atoms with Gasteiger partial charge in [-0.3, -0.25) is 4.79 Å². The summed E-state index contributed by atoms with van der Waals surface area (Å²) in [6.07, 6.45) is 6.81. The fourth-order valence-corrected chi connectivity index (χ4v) is 2.87. The van der Waals surface area contributed by atoms with Crippen LogP contribution in [0, 0.1) is 5.92 Å². The van der Waals surface area contributed by atoms with Crippen LogP contribution in [0.25, 0.3) is 0 Å². The van der Waals surface area contributed by atoms with E-state index in [4.69, 9.17) is 0 Å². The molecule has 1 aliphatic carbocycles. The molecule has 104 valence electrons. The second-order valence-corrected chi connectivity index (χ2v) is 5.66. The minimum atomic E-state index is 0.0188. The SMILES string of the molecule is CNC(Cn1ncc(N2CCCC2)cc1=O)C1CC1. The number of nitrogens with one attached hydrogen (secondary N) is 1. The monoisotopic (exact) mass is 262 g/mol. The molecule has 19 heavy (non-hydrogen) atoms. The van der Waals surface area contributed by atoms with E-state index < -0.39 is 0 Å². The summed E-state index contributed by atoms with van der Waals surface area (Å²) in [5.74, 6) is 0.719. The van der Waals surface area contributed by atoms with Gasteiger partial charge in [0.2, 0.25) is 0 Å². The Bertz CT molecular complexity index is 488. The molecule has 2 heterocycles. The van der Waals surface area contributed by atoms with E-state index in [2.05, 4.69) is 15.3 Å². The molecule has 1 saturated heterocycles. The fraction of sp³-hybridized carbons (Fsp3) is 0.714. The zero-order chi connectivity index (χ0) is 13.2. The summed E-state index contributed by atoms with van der Waals surface area (Å²) in [7, 11) is 1.96. The van der Waals surface area contributed by atoms with Crippen LogP contribution in [0.15, 0.2) is 17.1 Å². The van der Waals surface area contributed by atoms with Gasteiger partial charge < -0.3 is 10.2 Å². The van der Waals surface area contributed by atoms with Crippen LogP contribution >= 0.6 is 0 Å². The van der Waals surface area contributed by atoms with Gasteiger partial charge in [-0.15, -0.1) is 0 Å². The molecular formula is C14H22N4O. The van der Waals surface area contributed by atoms with Crippen LogP contribution in [0.2, 0.25) is 0 Å². The molecule has 1 N–H and O–H groups in total. The van der Waals surface area contributed by atoms with Gasteiger partial charge in [0.1, 0.15) is 0 Å². The largest absolute Gasteiger partial charge is 0.370 e. The molecule has 0 spiro atoms. The Morgan fingerprint density at radius 2 is 2.16 bits per heavy atom. The number of anilines is 1. The van der Waals surface area contributed by atoms with Gasteiger partial charge >= 0.3 is 0 Å². The maximum atomic E-state index is 12.1. The van der Waals surface area contributed by atoms with Crippen LogP contribution in [0.4, 0.5) is 5.69 Å². The Kier molecular flexibility index (Phi) is 3.55. The van der Waals surface area contributed by atoms with Crippen LogP contribution < -0.4 is 15.8 Å². The van der Waals surface area contributed by atoms with Gasteiger partial charge in [0.25, 0.3) is 5.56 Å². The minimum absolute atomic E-state index is 0.0188. The summed E-state index contributed by atoms with van der Waals surface area (Å²) >= 11 is 0. The zero-order valence-corrected chi connectivity index (χ0v) is 11.5. The highest BCUT2D eigenvalue weighted by Crippen LogP contribution is 2.32. The van der Waals surface area contributed by atoms with Crippen molar-refractivity contribution in [3.63, 3.8) is 0 Å². The van der Waals surface area contributed by atoms with Crippen molar-refractivity contribution in [1.29, 1.82) is 0 Å². The van der Waals surface area contributed by atoms with Crippen molar-refractivity contribution in [2.45, 2.75) is 38.3 Å². The second kappa shape index (κ2) is 5.33. The van der Waals surface area contributed by atoms with Crippen LogP contribution in [0.5, 0.6) is 0 Å². The van der Waals surface area contributed by atoms with Gasteiger partial charge in [-0.25, -0.2) is 4.68 Å². The summed E-state index contributed by atoms with van der Waals surface area (Å²) < 4.78 is 1.60. The van der Waals surface area contributed by atoms with Gasteiger partial charge in [0.05, 0.1) is 18.4 Å². The molecule has 2 fully saturated rings. The van der Waals surface area contributed by atoms with Gasteiger partial charge in [0, 0.05) is 25.2 Å². The highest BCUT2D eigenvalue weighted by molar-refractivity contribution is 5.43. The molecule has 5 heteroatoms. The van der Waals surface area contributed by atoms with E-state index in [1.165, 1.54) is 25.7 Å². The molecule has 1 unspecified atom stereocenters. The first-order valence-electron chi connectivity index (χ1n) is 7.27. The lowest BCUT2D eigenvalue weighted by Crippen LogP contribution is -2.37. The van der Waals surface area contributed by atoms with Gasteiger partial charge in [0.15, 0.2) is 0 Å². The highest BCUT2D eigenvalue weighted by atomic mass is 16.1. The number of rotatable bonds is 5. The number of likely N-dealkylation sites (N-methyl/N-ethyl adjacent to an activating group) is 1. The van der Waals surface area contributed by atoms with Crippen molar-refractivity contribution in [2.24, 2.45) is 5.92 Å². The molecule has 0 amide bonds. The Morgan fingerprint density at radius 1 is 1.42 bits per heavy atom. The molecule has 1 aromatic heterocycles. The Balaban J connectivity index is 1.73. The lowest BCUT2D eigenvalue weighted by molar-refractivity contribution is 0.403. The van der Waals surface area contributed by atoms with Crippen LogP contribution in [-0.2, 0) is 6.54 Å². The highest BCUT2D eigenvalue weighted by Gasteiger charge is 2.30. The van der Waals surface area contributed by atoms with E-state index >= 15 is 0 Å². The van der Waals surface area contributed by atoms with E-state index in [0.717, 1.165) is 24.7 Å². The molecule has 1 atom stereocenters. The van der Waals surface area contributed by atoms with E-state index in [0.29, 0.717) is 12.6 Å². The fourth-order valence-electron chi connectivity index (χ4n) is 2.87. The third-order valence-electron chi connectivity index (χ3n) is 4.26. The average Bonchev–Trinajstić information content (AvgIpc) is 3.11. The zero-order valence-electron chi connectivity index (χ0n) is 11.5. The summed E-state index contributed by atoms with van der Waals surface area (Å²) in [5, 5.41) is 7.64. The first-order chi connectivity index (χ1) is 9.28. The van der Waals surface area contributed by atoms with Crippen molar-refractivity contribution in [2.75, 3.05) is 25.0 Å². The number of hydrogen-bond donors (Lipinski definition) is 1. The van der Waals surface area contributed by atoms with Crippen LogP contribution in [-0.4, -0.2) is 36.0 Å². The van der Waals surface area contributed by atoms with Crippen LogP contribution in [0.3, 0.4) is 0 Å². The first-order valence-corrected chi connectivity index (χ1v) is 7.27. The second-order valence-electron chi connectivity index (χ2n) is 5.66. The molecule has 0 aromatic carbocycles. The molecule has 1 saturated carbocycles. The van der Waals surface area contributed by atoms with Crippen molar-refractivity contribution < 1.29 is 0 Å². The van der Waals surface area contributed by atoms with Gasteiger partial charge in [-0.2, -0.15) is 5.10 Å². The number of hydrogen-bond acceptors (Lipinski definition) is 4. The van der Waals surface area contributed by atoms with Crippen molar-refractivity contribution in [3.8, 4) is 0 Å². The molecular weight excluding hydrogens is 240 g/mol. The van der Waals surface area contributed by atoms with Crippen molar-refractivity contribution in [1.82, 2.24) is 15.1 Å². The summed E-state index contributed by atoms with van der Waals surface area (Å²) in [6, 6.07) is 2.11. The quantitative estimate of drug-likeness (QED) is 0.854. The van der Waals surface area contributed by atoms with Gasteiger partial charge in [-0.05, 0) is 38.6 Å². The topological polar surface area (TPSA) is 50.2 Å². The lowest BCUT2D eigenvalue weighted by atomic mass is 10.2. The maximum absolute atomic E-state index is 12.1. The van der Waals surface area contributed by atoms with E-state index in [9.17, 15) is 4.79 Å². The third kappa shape index (κ3) is 2.81. The van der Waals surface area contributed by atoms with E-state index in [1.54, 1.807) is 10.7 Å². The average molecular weight is 262 g/mol. The predicted molar refractivity (Wildman–Crippen MR) is 75.5 cm³/mol. The third-order valence-corrected chi connectivity index (χ3v) is 4.26. The van der Waals surface area contributed by atoms with Crippen molar-refractivity contribution in [3.05, 3.63) is 22.6 Å².